The lowest BCUT2D eigenvalue weighted by molar-refractivity contribution is 0.674. The summed E-state index contributed by atoms with van der Waals surface area (Å²) in [5.74, 6) is 0. The highest BCUT2D eigenvalue weighted by Gasteiger charge is 2.00. The average molecular weight is 288 g/mol. The van der Waals surface area contributed by atoms with Gasteiger partial charge in [0, 0.05) is 11.6 Å². The second-order valence-electron chi connectivity index (χ2n) is 3.85. The lowest BCUT2D eigenvalue weighted by Crippen LogP contribution is -2.01. The zero-order valence-corrected chi connectivity index (χ0v) is 10.6. The second-order valence-corrected chi connectivity index (χ2v) is 4.77. The largest absolute Gasteiger partial charge is 0.266 e. The third-order valence-electron chi connectivity index (χ3n) is 2.58. The van der Waals surface area contributed by atoms with Gasteiger partial charge >= 0.3 is 0 Å². The van der Waals surface area contributed by atoms with Crippen LogP contribution in [-0.4, -0.2) is 14.8 Å². The van der Waals surface area contributed by atoms with E-state index in [4.69, 9.17) is 0 Å². The number of rotatable bonds is 2. The molecule has 0 N–H and O–H groups in total. The highest BCUT2D eigenvalue weighted by molar-refractivity contribution is 9.10. The Hall–Kier alpha value is -1.68. The molecule has 0 fully saturated rings. The first-order valence-electron chi connectivity index (χ1n) is 5.34. The Morgan fingerprint density at radius 1 is 1.12 bits per heavy atom. The minimum atomic E-state index is 0.691. The molecule has 0 saturated carbocycles. The third kappa shape index (κ3) is 2.22. The summed E-state index contributed by atoms with van der Waals surface area (Å²) in [4.78, 5) is 4.60. The fourth-order valence-electron chi connectivity index (χ4n) is 1.79. The molecule has 0 aliphatic carbocycles. The summed E-state index contributed by atoms with van der Waals surface area (Å²) in [6, 6.07) is 12.3. The number of pyridine rings is 1. The van der Waals surface area contributed by atoms with E-state index in [9.17, 15) is 0 Å². The van der Waals surface area contributed by atoms with Crippen LogP contribution < -0.4 is 0 Å². The predicted octanol–water partition coefficient (Wildman–Crippen LogP) is 3.24. The van der Waals surface area contributed by atoms with Crippen molar-refractivity contribution in [2.24, 2.45) is 0 Å². The lowest BCUT2D eigenvalue weighted by atomic mass is 10.2. The van der Waals surface area contributed by atoms with Gasteiger partial charge in [0.2, 0.25) is 0 Å². The van der Waals surface area contributed by atoms with Crippen LogP contribution in [0.2, 0.25) is 0 Å². The minimum absolute atomic E-state index is 0.691. The van der Waals surface area contributed by atoms with Gasteiger partial charge in [-0.1, -0.05) is 24.3 Å². The van der Waals surface area contributed by atoms with Gasteiger partial charge in [0.25, 0.3) is 0 Å². The number of nitrogens with zero attached hydrogens (tertiary/aromatic N) is 3. The molecule has 0 aliphatic rings. The van der Waals surface area contributed by atoms with Crippen LogP contribution in [0.3, 0.4) is 0 Å². The number of benzene rings is 1. The summed E-state index contributed by atoms with van der Waals surface area (Å²) in [5.41, 5.74) is 2.04. The summed E-state index contributed by atoms with van der Waals surface area (Å²) in [7, 11) is 0. The number of para-hydroxylation sites is 1. The average Bonchev–Trinajstić information content (AvgIpc) is 2.75. The maximum atomic E-state index is 4.60. The summed E-state index contributed by atoms with van der Waals surface area (Å²) in [5, 5.41) is 5.39. The van der Waals surface area contributed by atoms with E-state index in [0.717, 1.165) is 21.1 Å². The molecule has 0 saturated heterocycles. The Labute approximate surface area is 107 Å². The normalized spacial score (nSPS) is 10.9. The van der Waals surface area contributed by atoms with Gasteiger partial charge in [-0.3, -0.25) is 9.67 Å². The molecule has 84 valence electrons. The Kier molecular flexibility index (Phi) is 2.65. The summed E-state index contributed by atoms with van der Waals surface area (Å²) >= 11 is 3.38. The van der Waals surface area contributed by atoms with Crippen molar-refractivity contribution in [1.29, 1.82) is 0 Å². The molecule has 2 heterocycles. The standard InChI is InChI=1S/C13H10BrN3/c14-11-7-15-17(8-11)9-12-6-5-10-3-1-2-4-13(10)16-12/h1-8H,9H2. The van der Waals surface area contributed by atoms with Gasteiger partial charge in [0.15, 0.2) is 0 Å². The fraction of sp³-hybridized carbons (Fsp3) is 0.0769. The predicted molar refractivity (Wildman–Crippen MR) is 70.8 cm³/mol. The first-order valence-corrected chi connectivity index (χ1v) is 6.13. The van der Waals surface area contributed by atoms with Gasteiger partial charge < -0.3 is 0 Å². The zero-order chi connectivity index (χ0) is 11.7. The van der Waals surface area contributed by atoms with Crippen molar-refractivity contribution in [1.82, 2.24) is 14.8 Å². The molecule has 3 nitrogen and oxygen atoms in total. The van der Waals surface area contributed by atoms with Gasteiger partial charge in [-0.25, -0.2) is 0 Å². The highest BCUT2D eigenvalue weighted by atomic mass is 79.9. The molecule has 4 heteroatoms. The maximum absolute atomic E-state index is 4.60. The Bertz CT molecular complexity index is 660. The molecular formula is C13H10BrN3. The molecule has 0 radical (unpaired) electrons. The summed E-state index contributed by atoms with van der Waals surface area (Å²) < 4.78 is 2.85. The van der Waals surface area contributed by atoms with Crippen molar-refractivity contribution in [2.75, 3.05) is 0 Å². The quantitative estimate of drug-likeness (QED) is 0.724. The van der Waals surface area contributed by atoms with Crippen LogP contribution in [-0.2, 0) is 6.54 Å². The van der Waals surface area contributed by atoms with E-state index in [0.29, 0.717) is 6.54 Å². The van der Waals surface area contributed by atoms with E-state index in [2.05, 4.69) is 38.1 Å². The highest BCUT2D eigenvalue weighted by Crippen LogP contribution is 2.13. The second kappa shape index (κ2) is 4.30. The number of aromatic nitrogens is 3. The van der Waals surface area contributed by atoms with Gasteiger partial charge in [-0.2, -0.15) is 5.10 Å². The van der Waals surface area contributed by atoms with Crippen LogP contribution in [0.1, 0.15) is 5.69 Å². The van der Waals surface area contributed by atoms with Crippen molar-refractivity contribution in [2.45, 2.75) is 6.54 Å². The molecule has 0 atom stereocenters. The van der Waals surface area contributed by atoms with Crippen LogP contribution >= 0.6 is 15.9 Å². The number of fused-ring (bicyclic) bond motifs is 1. The third-order valence-corrected chi connectivity index (χ3v) is 2.99. The summed E-state index contributed by atoms with van der Waals surface area (Å²) in [6.45, 7) is 0.691. The molecule has 0 aliphatic heterocycles. The monoisotopic (exact) mass is 287 g/mol. The topological polar surface area (TPSA) is 30.7 Å². The Morgan fingerprint density at radius 2 is 2.00 bits per heavy atom. The van der Waals surface area contributed by atoms with Gasteiger partial charge in [0.1, 0.15) is 0 Å². The van der Waals surface area contributed by atoms with Gasteiger partial charge in [-0.15, -0.1) is 0 Å². The van der Waals surface area contributed by atoms with Gasteiger partial charge in [0.05, 0.1) is 28.4 Å². The van der Waals surface area contributed by atoms with Crippen molar-refractivity contribution in [3.8, 4) is 0 Å². The number of hydrogen-bond donors (Lipinski definition) is 0. The van der Waals surface area contributed by atoms with Crippen molar-refractivity contribution >= 4 is 26.8 Å². The first-order chi connectivity index (χ1) is 8.31. The first kappa shape index (κ1) is 10.5. The Balaban J connectivity index is 1.95. The lowest BCUT2D eigenvalue weighted by Gasteiger charge is -2.03. The fourth-order valence-corrected chi connectivity index (χ4v) is 2.12. The van der Waals surface area contributed by atoms with Crippen LogP contribution in [0.5, 0.6) is 0 Å². The van der Waals surface area contributed by atoms with E-state index >= 15 is 0 Å². The van der Waals surface area contributed by atoms with Crippen molar-refractivity contribution < 1.29 is 0 Å². The zero-order valence-electron chi connectivity index (χ0n) is 9.05. The Morgan fingerprint density at radius 3 is 2.82 bits per heavy atom. The van der Waals surface area contributed by atoms with Crippen LogP contribution in [0, 0.1) is 0 Å². The molecule has 3 aromatic rings. The maximum Gasteiger partial charge on any atom is 0.0831 e. The molecule has 2 aromatic heterocycles. The SMILES string of the molecule is Brc1cnn(Cc2ccc3ccccc3n2)c1. The molecule has 0 spiro atoms. The van der Waals surface area contributed by atoms with Crippen molar-refractivity contribution in [3.63, 3.8) is 0 Å². The molecule has 17 heavy (non-hydrogen) atoms. The smallest absolute Gasteiger partial charge is 0.0831 e. The molecule has 0 bridgehead atoms. The van der Waals surface area contributed by atoms with E-state index in [-0.39, 0.29) is 0 Å². The van der Waals surface area contributed by atoms with E-state index in [1.54, 1.807) is 6.20 Å². The van der Waals surface area contributed by atoms with Crippen LogP contribution in [0.4, 0.5) is 0 Å². The van der Waals surface area contributed by atoms with E-state index in [1.165, 1.54) is 0 Å². The van der Waals surface area contributed by atoms with Crippen LogP contribution in [0.15, 0.2) is 53.3 Å². The molecule has 1 aromatic carbocycles. The molecule has 0 amide bonds. The summed E-state index contributed by atoms with van der Waals surface area (Å²) in [6.07, 6.45) is 3.72. The van der Waals surface area contributed by atoms with E-state index in [1.807, 2.05) is 35.1 Å². The number of halogens is 1. The molecule has 3 rings (SSSR count). The number of hydrogen-bond acceptors (Lipinski definition) is 2. The van der Waals surface area contributed by atoms with Gasteiger partial charge in [-0.05, 0) is 28.1 Å². The molecule has 0 unspecified atom stereocenters. The van der Waals surface area contributed by atoms with Crippen LogP contribution in [0.25, 0.3) is 10.9 Å². The molecular weight excluding hydrogens is 278 g/mol. The van der Waals surface area contributed by atoms with E-state index < -0.39 is 0 Å². The van der Waals surface area contributed by atoms with Crippen molar-refractivity contribution in [3.05, 3.63) is 59.0 Å². The minimum Gasteiger partial charge on any atom is -0.266 e.